The van der Waals surface area contributed by atoms with Crippen molar-refractivity contribution in [1.82, 2.24) is 9.80 Å². The van der Waals surface area contributed by atoms with E-state index in [1.165, 1.54) is 0 Å². The first-order chi connectivity index (χ1) is 14.6. The fourth-order valence-corrected chi connectivity index (χ4v) is 4.44. The molecular formula is C24H28N2O4. The molecule has 2 aromatic carbocycles. The summed E-state index contributed by atoms with van der Waals surface area (Å²) in [6.45, 7) is 2.14. The molecule has 158 valence electrons. The van der Waals surface area contributed by atoms with E-state index in [4.69, 9.17) is 9.47 Å². The third-order valence-electron chi connectivity index (χ3n) is 6.06. The Kier molecular flexibility index (Phi) is 5.93. The lowest BCUT2D eigenvalue weighted by Gasteiger charge is -2.27. The lowest BCUT2D eigenvalue weighted by Crippen LogP contribution is -2.30. The number of hydrogen-bond acceptors (Lipinski definition) is 4. The van der Waals surface area contributed by atoms with Crippen LogP contribution in [0.3, 0.4) is 0 Å². The van der Waals surface area contributed by atoms with Crippen molar-refractivity contribution in [2.24, 2.45) is 0 Å². The summed E-state index contributed by atoms with van der Waals surface area (Å²) in [4.78, 5) is 28.9. The molecule has 0 aromatic heterocycles. The molecule has 2 fully saturated rings. The van der Waals surface area contributed by atoms with Crippen LogP contribution in [0.15, 0.2) is 42.5 Å². The molecule has 6 heteroatoms. The number of carbonyl (C=O) groups is 2. The summed E-state index contributed by atoms with van der Waals surface area (Å²) < 4.78 is 10.9. The molecule has 6 nitrogen and oxygen atoms in total. The van der Waals surface area contributed by atoms with Gasteiger partial charge in [0.05, 0.1) is 20.3 Å². The molecule has 0 spiro atoms. The Morgan fingerprint density at radius 3 is 2.50 bits per heavy atom. The van der Waals surface area contributed by atoms with Gasteiger partial charge in [-0.2, -0.15) is 0 Å². The van der Waals surface area contributed by atoms with Crippen molar-refractivity contribution >= 4 is 11.8 Å². The Morgan fingerprint density at radius 1 is 1.03 bits per heavy atom. The first-order valence-electron chi connectivity index (χ1n) is 10.5. The van der Waals surface area contributed by atoms with Crippen LogP contribution in [-0.2, 0) is 11.3 Å². The van der Waals surface area contributed by atoms with E-state index in [9.17, 15) is 9.59 Å². The summed E-state index contributed by atoms with van der Waals surface area (Å²) in [5, 5.41) is 0. The maximum atomic E-state index is 13.3. The second-order valence-electron chi connectivity index (χ2n) is 7.88. The highest BCUT2D eigenvalue weighted by atomic mass is 16.5. The minimum absolute atomic E-state index is 0.0196. The van der Waals surface area contributed by atoms with E-state index in [1.54, 1.807) is 14.2 Å². The van der Waals surface area contributed by atoms with Gasteiger partial charge in [-0.25, -0.2) is 0 Å². The van der Waals surface area contributed by atoms with Crippen LogP contribution in [0.1, 0.15) is 53.2 Å². The molecule has 0 saturated carbocycles. The minimum atomic E-state index is -0.0375. The molecule has 2 aromatic rings. The normalized spacial score (nSPS) is 18.7. The van der Waals surface area contributed by atoms with Crippen LogP contribution < -0.4 is 9.47 Å². The fraction of sp³-hybridized carbons (Fsp3) is 0.417. The van der Waals surface area contributed by atoms with E-state index >= 15 is 0 Å². The molecule has 1 atom stereocenters. The Morgan fingerprint density at radius 2 is 1.83 bits per heavy atom. The van der Waals surface area contributed by atoms with E-state index < -0.39 is 0 Å². The van der Waals surface area contributed by atoms with Crippen LogP contribution in [0, 0.1) is 0 Å². The fourth-order valence-electron chi connectivity index (χ4n) is 4.44. The highest BCUT2D eigenvalue weighted by Gasteiger charge is 2.32. The Labute approximate surface area is 177 Å². The molecule has 4 rings (SSSR count). The molecule has 30 heavy (non-hydrogen) atoms. The first-order valence-corrected chi connectivity index (χ1v) is 10.5. The van der Waals surface area contributed by atoms with Crippen molar-refractivity contribution in [2.45, 2.75) is 38.3 Å². The third-order valence-corrected chi connectivity index (χ3v) is 6.06. The Hall–Kier alpha value is -3.02. The van der Waals surface area contributed by atoms with Crippen molar-refractivity contribution < 1.29 is 19.1 Å². The number of carbonyl (C=O) groups excluding carboxylic acids is 2. The largest absolute Gasteiger partial charge is 0.497 e. The zero-order chi connectivity index (χ0) is 21.1. The summed E-state index contributed by atoms with van der Waals surface area (Å²) in [5.74, 6) is 1.76. The monoisotopic (exact) mass is 408 g/mol. The molecule has 1 unspecified atom stereocenters. The summed E-state index contributed by atoms with van der Waals surface area (Å²) in [6.07, 6.45) is 3.41. The van der Waals surface area contributed by atoms with E-state index in [1.807, 2.05) is 52.3 Å². The molecule has 0 radical (unpaired) electrons. The number of nitrogens with zero attached hydrogens (tertiary/aromatic N) is 2. The van der Waals surface area contributed by atoms with Crippen molar-refractivity contribution in [3.8, 4) is 11.5 Å². The summed E-state index contributed by atoms with van der Waals surface area (Å²) in [6, 6.07) is 13.3. The quantitative estimate of drug-likeness (QED) is 0.729. The second kappa shape index (κ2) is 8.78. The average Bonchev–Trinajstić information content (AvgIpc) is 3.42. The molecule has 0 aliphatic carbocycles. The van der Waals surface area contributed by atoms with Crippen molar-refractivity contribution in [2.75, 3.05) is 27.3 Å². The van der Waals surface area contributed by atoms with Crippen molar-refractivity contribution in [3.63, 3.8) is 0 Å². The van der Waals surface area contributed by atoms with Crippen LogP contribution in [0.5, 0.6) is 11.5 Å². The topological polar surface area (TPSA) is 59.1 Å². The number of hydrogen-bond donors (Lipinski definition) is 0. The molecule has 2 aliphatic rings. The first kappa shape index (κ1) is 20.3. The van der Waals surface area contributed by atoms with Gasteiger partial charge in [0, 0.05) is 37.2 Å². The number of likely N-dealkylation sites (tertiary alicyclic amines) is 2. The Balaban J connectivity index is 1.52. The highest BCUT2D eigenvalue weighted by molar-refractivity contribution is 5.94. The van der Waals surface area contributed by atoms with E-state index in [0.717, 1.165) is 48.4 Å². The van der Waals surface area contributed by atoms with Crippen LogP contribution in [-0.4, -0.2) is 48.9 Å². The Bertz CT molecular complexity index is 925. The molecule has 0 N–H and O–H groups in total. The number of ether oxygens (including phenoxy) is 2. The molecule has 2 heterocycles. The lowest BCUT2D eigenvalue weighted by atomic mass is 10.0. The summed E-state index contributed by atoms with van der Waals surface area (Å²) in [5.41, 5.74) is 2.70. The zero-order valence-electron chi connectivity index (χ0n) is 17.6. The van der Waals surface area contributed by atoms with E-state index in [-0.39, 0.29) is 17.9 Å². The average molecular weight is 408 g/mol. The van der Waals surface area contributed by atoms with Gasteiger partial charge in [-0.3, -0.25) is 9.59 Å². The number of benzene rings is 2. The predicted molar refractivity (Wildman–Crippen MR) is 114 cm³/mol. The van der Waals surface area contributed by atoms with Crippen LogP contribution in [0.2, 0.25) is 0 Å². The SMILES string of the molecule is COc1ccc(OC)c(C2CCCN2C(=O)c2ccc(CN3CCCC3=O)cc2)c1. The molecule has 0 bridgehead atoms. The van der Waals surface area contributed by atoms with Gasteiger partial charge in [0.15, 0.2) is 0 Å². The van der Waals surface area contributed by atoms with Gasteiger partial charge in [0.25, 0.3) is 5.91 Å². The zero-order valence-corrected chi connectivity index (χ0v) is 17.6. The van der Waals surface area contributed by atoms with Crippen molar-refractivity contribution in [3.05, 3.63) is 59.2 Å². The van der Waals surface area contributed by atoms with E-state index in [0.29, 0.717) is 25.1 Å². The molecule has 2 amide bonds. The maximum absolute atomic E-state index is 13.3. The van der Waals surface area contributed by atoms with Crippen LogP contribution in [0.4, 0.5) is 0 Å². The van der Waals surface area contributed by atoms with Gasteiger partial charge in [-0.05, 0) is 55.2 Å². The van der Waals surface area contributed by atoms with Gasteiger partial charge in [0.1, 0.15) is 11.5 Å². The smallest absolute Gasteiger partial charge is 0.254 e. The van der Waals surface area contributed by atoms with Gasteiger partial charge in [-0.15, -0.1) is 0 Å². The third kappa shape index (κ3) is 3.99. The van der Waals surface area contributed by atoms with Crippen LogP contribution in [0.25, 0.3) is 0 Å². The van der Waals surface area contributed by atoms with Crippen LogP contribution >= 0.6 is 0 Å². The molecule has 2 saturated heterocycles. The minimum Gasteiger partial charge on any atom is -0.497 e. The molecular weight excluding hydrogens is 380 g/mol. The number of amides is 2. The molecule has 2 aliphatic heterocycles. The highest BCUT2D eigenvalue weighted by Crippen LogP contribution is 2.39. The second-order valence-corrected chi connectivity index (χ2v) is 7.88. The summed E-state index contributed by atoms with van der Waals surface area (Å²) in [7, 11) is 3.29. The van der Waals surface area contributed by atoms with Crippen molar-refractivity contribution in [1.29, 1.82) is 0 Å². The van der Waals surface area contributed by atoms with Gasteiger partial charge in [-0.1, -0.05) is 12.1 Å². The summed E-state index contributed by atoms with van der Waals surface area (Å²) >= 11 is 0. The van der Waals surface area contributed by atoms with Gasteiger partial charge >= 0.3 is 0 Å². The number of rotatable bonds is 6. The number of methoxy groups -OCH3 is 2. The van der Waals surface area contributed by atoms with E-state index in [2.05, 4.69) is 0 Å². The van der Waals surface area contributed by atoms with Gasteiger partial charge < -0.3 is 19.3 Å². The van der Waals surface area contributed by atoms with Gasteiger partial charge in [0.2, 0.25) is 5.91 Å². The maximum Gasteiger partial charge on any atom is 0.254 e. The standard InChI is InChI=1S/C24H28N2O4/c1-29-19-11-12-22(30-2)20(15-19)21-5-3-14-26(21)24(28)18-9-7-17(8-10-18)16-25-13-4-6-23(25)27/h7-12,15,21H,3-6,13-14,16H2,1-2H3. The lowest BCUT2D eigenvalue weighted by molar-refractivity contribution is -0.128. The predicted octanol–water partition coefficient (Wildman–Crippen LogP) is 3.80.